The number of hydrogen-bond acceptors (Lipinski definition) is 6. The van der Waals surface area contributed by atoms with Gasteiger partial charge in [0.25, 0.3) is 0 Å². The van der Waals surface area contributed by atoms with Crippen LogP contribution in [0.4, 0.5) is 11.4 Å². The van der Waals surface area contributed by atoms with Gasteiger partial charge in [0.1, 0.15) is 0 Å². The summed E-state index contributed by atoms with van der Waals surface area (Å²) in [4.78, 5) is 23.9. The van der Waals surface area contributed by atoms with Gasteiger partial charge in [-0.1, -0.05) is 30.7 Å². The number of anilines is 2. The Bertz CT molecular complexity index is 891. The maximum absolute atomic E-state index is 11.9. The van der Waals surface area contributed by atoms with Crippen LogP contribution in [0.2, 0.25) is 0 Å². The van der Waals surface area contributed by atoms with Gasteiger partial charge in [0.05, 0.1) is 11.4 Å². The zero-order chi connectivity index (χ0) is 22.6. The van der Waals surface area contributed by atoms with Crippen LogP contribution in [-0.2, 0) is 9.59 Å². The minimum absolute atomic E-state index is 0.157. The predicted octanol–water partition coefficient (Wildman–Crippen LogP) is 3.18. The van der Waals surface area contributed by atoms with Gasteiger partial charge in [0, 0.05) is 24.2 Å². The van der Waals surface area contributed by atoms with E-state index in [-0.39, 0.29) is 11.8 Å². The molecular formula is C23H30N6O2. The fourth-order valence-electron chi connectivity index (χ4n) is 2.81. The van der Waals surface area contributed by atoms with Gasteiger partial charge in [-0.3, -0.25) is 9.59 Å². The molecule has 8 nitrogen and oxygen atoms in total. The van der Waals surface area contributed by atoms with E-state index in [1.54, 1.807) is 24.3 Å². The number of benzene rings is 2. The van der Waals surface area contributed by atoms with E-state index >= 15 is 0 Å². The maximum atomic E-state index is 11.9. The number of nitrogen functional groups attached to an aromatic ring is 2. The van der Waals surface area contributed by atoms with E-state index in [0.717, 1.165) is 17.5 Å². The van der Waals surface area contributed by atoms with E-state index in [1.165, 1.54) is 0 Å². The number of carbonyl (C=O) groups excluding carboxylic acids is 2. The molecule has 0 radical (unpaired) electrons. The fraction of sp³-hybridized carbons (Fsp3) is 0.304. The predicted molar refractivity (Wildman–Crippen MR) is 126 cm³/mol. The molecular weight excluding hydrogens is 392 g/mol. The molecule has 0 fully saturated rings. The van der Waals surface area contributed by atoms with Crippen molar-refractivity contribution in [3.63, 3.8) is 0 Å². The van der Waals surface area contributed by atoms with Gasteiger partial charge >= 0.3 is 0 Å². The van der Waals surface area contributed by atoms with Crippen LogP contribution < -0.4 is 22.3 Å². The molecule has 0 heterocycles. The third kappa shape index (κ3) is 8.69. The number of carbonyl (C=O) groups is 2. The Hall–Kier alpha value is -3.68. The second-order valence-electron chi connectivity index (χ2n) is 7.28. The van der Waals surface area contributed by atoms with Crippen LogP contribution >= 0.6 is 0 Å². The van der Waals surface area contributed by atoms with Crippen molar-refractivity contribution in [1.82, 2.24) is 10.9 Å². The van der Waals surface area contributed by atoms with Crippen molar-refractivity contribution in [1.29, 1.82) is 0 Å². The number of unbranched alkanes of at least 4 members (excludes halogenated alkanes) is 2. The highest BCUT2D eigenvalue weighted by Crippen LogP contribution is 2.09. The van der Waals surface area contributed by atoms with Crippen LogP contribution in [0.25, 0.3) is 0 Å². The minimum Gasteiger partial charge on any atom is -0.399 e. The molecule has 0 bridgehead atoms. The molecule has 2 aromatic carbocycles. The summed E-state index contributed by atoms with van der Waals surface area (Å²) in [5.74, 6) is -0.315. The zero-order valence-corrected chi connectivity index (χ0v) is 18.0. The molecule has 2 amide bonds. The van der Waals surface area contributed by atoms with Crippen molar-refractivity contribution < 1.29 is 9.59 Å². The topological polar surface area (TPSA) is 135 Å². The first-order valence-corrected chi connectivity index (χ1v) is 10.2. The summed E-state index contributed by atoms with van der Waals surface area (Å²) >= 11 is 0. The molecule has 2 rings (SSSR count). The number of nitrogens with zero attached hydrogens (tertiary/aromatic N) is 2. The summed E-state index contributed by atoms with van der Waals surface area (Å²) in [6.45, 7) is 3.62. The molecule has 8 heteroatoms. The smallest absolute Gasteiger partial charge is 0.240 e. The van der Waals surface area contributed by atoms with Gasteiger partial charge in [0.15, 0.2) is 0 Å². The lowest BCUT2D eigenvalue weighted by Crippen LogP contribution is -2.19. The van der Waals surface area contributed by atoms with Crippen molar-refractivity contribution in [3.8, 4) is 0 Å². The maximum Gasteiger partial charge on any atom is 0.240 e. The quantitative estimate of drug-likeness (QED) is 0.202. The molecule has 0 saturated carbocycles. The van der Waals surface area contributed by atoms with Crippen molar-refractivity contribution in [3.05, 3.63) is 59.7 Å². The Morgan fingerprint density at radius 2 is 1.16 bits per heavy atom. The van der Waals surface area contributed by atoms with Gasteiger partial charge in [-0.15, -0.1) is 0 Å². The SMILES string of the molecule is C/C(=N\NC(=O)CCCCCC(=O)N/N=C(\C)c1cccc(N)c1)c1cccc(N)c1. The van der Waals surface area contributed by atoms with Crippen LogP contribution in [0.5, 0.6) is 0 Å². The third-order valence-corrected chi connectivity index (χ3v) is 4.61. The molecule has 164 valence electrons. The number of hydrogen-bond donors (Lipinski definition) is 4. The Kier molecular flexibility index (Phi) is 9.22. The van der Waals surface area contributed by atoms with E-state index in [4.69, 9.17) is 11.5 Å². The average Bonchev–Trinajstić information content (AvgIpc) is 2.75. The minimum atomic E-state index is -0.157. The number of nitrogens with one attached hydrogen (secondary N) is 2. The standard InChI is InChI=1S/C23H30N6O2/c1-16(18-8-6-10-20(24)14-18)26-28-22(30)12-4-3-5-13-23(31)29-27-17(2)19-9-7-11-21(25)15-19/h6-11,14-15H,3-5,12-13,24-25H2,1-2H3,(H,28,30)(H,29,31)/b26-16+,27-17+. The third-order valence-electron chi connectivity index (χ3n) is 4.61. The summed E-state index contributed by atoms with van der Waals surface area (Å²) in [5, 5.41) is 8.22. The van der Waals surface area contributed by atoms with Crippen LogP contribution in [0.3, 0.4) is 0 Å². The number of hydrazone groups is 2. The lowest BCUT2D eigenvalue weighted by molar-refractivity contribution is -0.121. The van der Waals surface area contributed by atoms with Crippen LogP contribution in [-0.4, -0.2) is 23.2 Å². The van der Waals surface area contributed by atoms with E-state index in [9.17, 15) is 9.59 Å². The summed E-state index contributed by atoms with van der Waals surface area (Å²) < 4.78 is 0. The summed E-state index contributed by atoms with van der Waals surface area (Å²) in [5.41, 5.74) is 21.0. The lowest BCUT2D eigenvalue weighted by Gasteiger charge is -2.05. The van der Waals surface area contributed by atoms with E-state index in [0.29, 0.717) is 48.5 Å². The molecule has 6 N–H and O–H groups in total. The molecule has 0 saturated heterocycles. The van der Waals surface area contributed by atoms with Crippen LogP contribution in [0, 0.1) is 0 Å². The highest BCUT2D eigenvalue weighted by molar-refractivity contribution is 6.00. The van der Waals surface area contributed by atoms with Crippen molar-refractivity contribution in [2.75, 3.05) is 11.5 Å². The largest absolute Gasteiger partial charge is 0.399 e. The number of nitrogens with two attached hydrogens (primary N) is 2. The van der Waals surface area contributed by atoms with Gasteiger partial charge < -0.3 is 11.5 Å². The Labute approximate surface area is 182 Å². The van der Waals surface area contributed by atoms with Crippen molar-refractivity contribution in [2.45, 2.75) is 46.0 Å². The van der Waals surface area contributed by atoms with Gasteiger partial charge in [-0.2, -0.15) is 10.2 Å². The Morgan fingerprint density at radius 3 is 1.55 bits per heavy atom. The molecule has 0 aliphatic carbocycles. The lowest BCUT2D eigenvalue weighted by atomic mass is 10.1. The van der Waals surface area contributed by atoms with Crippen LogP contribution in [0.1, 0.15) is 57.1 Å². The van der Waals surface area contributed by atoms with E-state index < -0.39 is 0 Å². The first-order valence-electron chi connectivity index (χ1n) is 10.2. The first kappa shape index (κ1) is 23.6. The van der Waals surface area contributed by atoms with E-state index in [2.05, 4.69) is 21.1 Å². The molecule has 2 aromatic rings. The molecule has 0 aliphatic rings. The van der Waals surface area contributed by atoms with Crippen LogP contribution in [0.15, 0.2) is 58.7 Å². The first-order chi connectivity index (χ1) is 14.8. The van der Waals surface area contributed by atoms with E-state index in [1.807, 2.05) is 38.1 Å². The molecule has 0 atom stereocenters. The monoisotopic (exact) mass is 422 g/mol. The second-order valence-corrected chi connectivity index (χ2v) is 7.28. The zero-order valence-electron chi connectivity index (χ0n) is 18.0. The van der Waals surface area contributed by atoms with Gasteiger partial charge in [0.2, 0.25) is 11.8 Å². The highest BCUT2D eigenvalue weighted by atomic mass is 16.2. The Morgan fingerprint density at radius 1 is 0.742 bits per heavy atom. The van der Waals surface area contributed by atoms with Gasteiger partial charge in [-0.05, 0) is 62.1 Å². The highest BCUT2D eigenvalue weighted by Gasteiger charge is 2.05. The summed E-state index contributed by atoms with van der Waals surface area (Å²) in [7, 11) is 0. The fourth-order valence-corrected chi connectivity index (χ4v) is 2.81. The second kappa shape index (κ2) is 12.1. The molecule has 0 unspecified atom stereocenters. The Balaban J connectivity index is 1.63. The number of amides is 2. The number of rotatable bonds is 10. The molecule has 0 aliphatic heterocycles. The summed E-state index contributed by atoms with van der Waals surface area (Å²) in [6.07, 6.45) is 2.82. The molecule has 0 spiro atoms. The van der Waals surface area contributed by atoms with Gasteiger partial charge in [-0.25, -0.2) is 10.9 Å². The summed E-state index contributed by atoms with van der Waals surface area (Å²) in [6, 6.07) is 14.6. The van der Waals surface area contributed by atoms with Crippen molar-refractivity contribution in [2.24, 2.45) is 10.2 Å². The van der Waals surface area contributed by atoms with Crippen molar-refractivity contribution >= 4 is 34.6 Å². The normalized spacial score (nSPS) is 11.8. The average molecular weight is 423 g/mol. The molecule has 0 aromatic heterocycles. The molecule has 31 heavy (non-hydrogen) atoms.